The van der Waals surface area contributed by atoms with E-state index in [0.29, 0.717) is 61.1 Å². The van der Waals surface area contributed by atoms with Gasteiger partial charge in [-0.15, -0.1) is 0 Å². The highest BCUT2D eigenvalue weighted by Gasteiger charge is 2.40. The van der Waals surface area contributed by atoms with Gasteiger partial charge in [0.15, 0.2) is 0 Å². The van der Waals surface area contributed by atoms with Crippen molar-refractivity contribution in [3.8, 4) is 0 Å². The molecule has 2 N–H and O–H groups in total. The van der Waals surface area contributed by atoms with E-state index in [2.05, 4.69) is 17.2 Å². The highest BCUT2D eigenvalue weighted by molar-refractivity contribution is 6.01. The van der Waals surface area contributed by atoms with E-state index in [1.807, 2.05) is 0 Å². The normalized spacial score (nSPS) is 32.0. The Bertz CT molecular complexity index is 976. The minimum absolute atomic E-state index is 0.0953. The van der Waals surface area contributed by atoms with Crippen LogP contribution in [0.1, 0.15) is 72.9 Å². The number of hydrogen-bond donors (Lipinski definition) is 2. The lowest BCUT2D eigenvalue weighted by atomic mass is 9.90. The van der Waals surface area contributed by atoms with Gasteiger partial charge < -0.3 is 20.3 Å². The van der Waals surface area contributed by atoms with Gasteiger partial charge in [0.25, 0.3) is 5.91 Å². The van der Waals surface area contributed by atoms with E-state index in [-0.39, 0.29) is 42.4 Å². The molecule has 0 spiro atoms. The lowest BCUT2D eigenvalue weighted by Gasteiger charge is -2.37. The van der Waals surface area contributed by atoms with Crippen molar-refractivity contribution in [1.82, 2.24) is 15.5 Å². The second-order valence-electron chi connectivity index (χ2n) is 10.1. The summed E-state index contributed by atoms with van der Waals surface area (Å²) in [6, 6.07) is 3.13. The third-order valence-corrected chi connectivity index (χ3v) is 7.81. The largest absolute Gasteiger partial charge is 0.376 e. The summed E-state index contributed by atoms with van der Waals surface area (Å²) in [5.74, 6) is -0.936. The second kappa shape index (κ2) is 9.74. The molecule has 1 saturated carbocycles. The molecule has 34 heavy (non-hydrogen) atoms. The predicted molar refractivity (Wildman–Crippen MR) is 123 cm³/mol. The number of carbonyl (C=O) groups is 2. The van der Waals surface area contributed by atoms with Gasteiger partial charge in [-0.1, -0.05) is 12.6 Å². The third-order valence-electron chi connectivity index (χ3n) is 7.81. The van der Waals surface area contributed by atoms with Gasteiger partial charge >= 0.3 is 0 Å². The van der Waals surface area contributed by atoms with Crippen LogP contribution in [0.3, 0.4) is 0 Å². The lowest BCUT2D eigenvalue weighted by molar-refractivity contribution is -0.126. The van der Waals surface area contributed by atoms with Crippen molar-refractivity contribution >= 4 is 11.8 Å². The van der Waals surface area contributed by atoms with Crippen LogP contribution in [0.25, 0.3) is 0 Å². The number of ether oxygens (including phenoxy) is 1. The van der Waals surface area contributed by atoms with Gasteiger partial charge in [-0.05, 0) is 63.0 Å². The molecule has 2 saturated heterocycles. The number of rotatable bonds is 5. The number of benzene rings is 1. The Morgan fingerprint density at radius 1 is 1.15 bits per heavy atom. The maximum Gasteiger partial charge on any atom is 0.255 e. The highest BCUT2D eigenvalue weighted by Crippen LogP contribution is 2.33. The van der Waals surface area contributed by atoms with Crippen LogP contribution < -0.4 is 10.6 Å². The molecular formula is C26H33F2N3O3. The van der Waals surface area contributed by atoms with Crippen molar-refractivity contribution in [3.05, 3.63) is 46.9 Å². The zero-order valence-corrected chi connectivity index (χ0v) is 19.5. The standard InChI is InChI=1S/C26H33F2N3O3/c1-15-4-11-22(25(32)29-15)31-14-20-19(26(31)33)10-5-16(24(20)28)13-23-21(3-2-12-34-23)30-18-8-6-17(27)7-9-18/h5,10,17-18,21-23,30H,1-4,6-9,11-14H2,(H,29,32)/t17-,18-,21-,22-,23+/m0/s1. The van der Waals surface area contributed by atoms with Gasteiger partial charge in [-0.2, -0.15) is 0 Å². The van der Waals surface area contributed by atoms with Crippen molar-refractivity contribution in [2.45, 2.75) is 94.7 Å². The van der Waals surface area contributed by atoms with Gasteiger partial charge in [0.2, 0.25) is 5.91 Å². The van der Waals surface area contributed by atoms with Gasteiger partial charge in [0.05, 0.1) is 12.6 Å². The number of hydrogen-bond acceptors (Lipinski definition) is 4. The van der Waals surface area contributed by atoms with Crippen molar-refractivity contribution in [3.63, 3.8) is 0 Å². The molecule has 1 aromatic carbocycles. The van der Waals surface area contributed by atoms with Crippen LogP contribution in [-0.4, -0.2) is 53.7 Å². The first kappa shape index (κ1) is 23.4. The molecule has 2 amide bonds. The van der Waals surface area contributed by atoms with Gasteiger partial charge in [-0.25, -0.2) is 8.78 Å². The molecule has 3 heterocycles. The Hall–Kier alpha value is -2.32. The molecule has 0 unspecified atom stereocenters. The number of carbonyl (C=O) groups excluding carboxylic acids is 2. The fourth-order valence-electron chi connectivity index (χ4n) is 5.86. The summed E-state index contributed by atoms with van der Waals surface area (Å²) in [5.41, 5.74) is 1.87. The van der Waals surface area contributed by atoms with Crippen molar-refractivity contribution in [1.29, 1.82) is 0 Å². The van der Waals surface area contributed by atoms with Gasteiger partial charge in [0.1, 0.15) is 18.0 Å². The Labute approximate surface area is 199 Å². The maximum atomic E-state index is 15.6. The van der Waals surface area contributed by atoms with Gasteiger partial charge in [0, 0.05) is 41.9 Å². The average molecular weight is 474 g/mol. The molecule has 8 heteroatoms. The summed E-state index contributed by atoms with van der Waals surface area (Å²) in [6.45, 7) is 4.52. The van der Waals surface area contributed by atoms with Crippen molar-refractivity contribution < 1.29 is 23.1 Å². The van der Waals surface area contributed by atoms with E-state index < -0.39 is 12.2 Å². The molecule has 6 nitrogen and oxygen atoms in total. The Balaban J connectivity index is 1.29. The number of alkyl halides is 1. The highest BCUT2D eigenvalue weighted by atomic mass is 19.1. The Morgan fingerprint density at radius 2 is 1.94 bits per heavy atom. The maximum absolute atomic E-state index is 15.6. The minimum Gasteiger partial charge on any atom is -0.376 e. The van der Waals surface area contributed by atoms with E-state index in [0.717, 1.165) is 25.7 Å². The lowest BCUT2D eigenvalue weighted by Crippen LogP contribution is -2.50. The summed E-state index contributed by atoms with van der Waals surface area (Å²) in [5, 5.41) is 6.37. The zero-order valence-electron chi connectivity index (χ0n) is 19.5. The molecule has 5 rings (SSSR count). The number of fused-ring (bicyclic) bond motifs is 1. The Morgan fingerprint density at radius 3 is 2.71 bits per heavy atom. The van der Waals surface area contributed by atoms with Crippen LogP contribution in [0.15, 0.2) is 24.4 Å². The smallest absolute Gasteiger partial charge is 0.255 e. The number of allylic oxidation sites excluding steroid dienone is 1. The molecular weight excluding hydrogens is 440 g/mol. The molecule has 0 bridgehead atoms. The molecule has 184 valence electrons. The van der Waals surface area contributed by atoms with Crippen LogP contribution in [0, 0.1) is 5.82 Å². The number of halogens is 2. The SMILES string of the molecule is C=C1CC[C@H](N2Cc3c(ccc(C[C@H]4OCCC[C@@H]4N[C@H]4CC[C@H](F)CC4)c3F)C2=O)C(=O)N1. The second-order valence-corrected chi connectivity index (χ2v) is 10.1. The molecule has 3 atom stereocenters. The predicted octanol–water partition coefficient (Wildman–Crippen LogP) is 3.53. The molecule has 1 aromatic rings. The van der Waals surface area contributed by atoms with E-state index in [1.54, 1.807) is 12.1 Å². The first-order chi connectivity index (χ1) is 16.4. The monoisotopic (exact) mass is 473 g/mol. The van der Waals surface area contributed by atoms with Crippen LogP contribution >= 0.6 is 0 Å². The third kappa shape index (κ3) is 4.62. The van der Waals surface area contributed by atoms with E-state index >= 15 is 4.39 Å². The molecule has 3 aliphatic heterocycles. The molecule has 3 fully saturated rings. The minimum atomic E-state index is -0.697. The van der Waals surface area contributed by atoms with Crippen LogP contribution in [0.2, 0.25) is 0 Å². The summed E-state index contributed by atoms with van der Waals surface area (Å²) in [6.07, 6.45) is 5.34. The quantitative estimate of drug-likeness (QED) is 0.687. The topological polar surface area (TPSA) is 70.7 Å². The summed E-state index contributed by atoms with van der Waals surface area (Å²) >= 11 is 0. The molecule has 1 aliphatic carbocycles. The summed E-state index contributed by atoms with van der Waals surface area (Å²) in [7, 11) is 0. The van der Waals surface area contributed by atoms with Crippen molar-refractivity contribution in [2.24, 2.45) is 0 Å². The number of nitrogens with one attached hydrogen (secondary N) is 2. The molecule has 0 radical (unpaired) electrons. The number of piperidine rings is 1. The van der Waals surface area contributed by atoms with E-state index in [1.165, 1.54) is 4.90 Å². The van der Waals surface area contributed by atoms with Crippen LogP contribution in [0.4, 0.5) is 8.78 Å². The fraction of sp³-hybridized carbons (Fsp3) is 0.615. The van der Waals surface area contributed by atoms with Gasteiger partial charge in [-0.3, -0.25) is 9.59 Å². The van der Waals surface area contributed by atoms with Crippen LogP contribution in [0.5, 0.6) is 0 Å². The van der Waals surface area contributed by atoms with E-state index in [4.69, 9.17) is 4.74 Å². The van der Waals surface area contributed by atoms with Crippen molar-refractivity contribution in [2.75, 3.05) is 6.61 Å². The van der Waals surface area contributed by atoms with E-state index in [9.17, 15) is 14.0 Å². The fourth-order valence-corrected chi connectivity index (χ4v) is 5.86. The summed E-state index contributed by atoms with van der Waals surface area (Å²) in [4.78, 5) is 26.9. The average Bonchev–Trinajstić information content (AvgIpc) is 3.15. The zero-order chi connectivity index (χ0) is 23.8. The first-order valence-corrected chi connectivity index (χ1v) is 12.5. The Kier molecular flexibility index (Phi) is 6.71. The molecule has 4 aliphatic rings. The number of nitrogens with zero attached hydrogens (tertiary/aromatic N) is 1. The van der Waals surface area contributed by atoms with Crippen LogP contribution in [-0.2, 0) is 22.5 Å². The molecule has 0 aromatic heterocycles. The number of amides is 2. The first-order valence-electron chi connectivity index (χ1n) is 12.5. The summed E-state index contributed by atoms with van der Waals surface area (Å²) < 4.78 is 35.2.